The van der Waals surface area contributed by atoms with Gasteiger partial charge in [-0.25, -0.2) is 4.79 Å². The molecule has 1 aliphatic rings. The zero-order valence-electron chi connectivity index (χ0n) is 14.4. The van der Waals surface area contributed by atoms with E-state index in [1.54, 1.807) is 30.3 Å². The Morgan fingerprint density at radius 3 is 2.37 bits per heavy atom. The standard InChI is InChI=1S/C19H19ClO7/c1-2-25-11-4-6-12(7-5-11)26-14-9-10(3-8-13(14)20)18-16(22)15(21)17(23)19(24)27-18/h3-9,15-18,21-23H,2H2,1H3/t15?,16-,17+,18+/m1/s1. The van der Waals surface area contributed by atoms with Crippen molar-refractivity contribution in [1.29, 1.82) is 0 Å². The predicted molar refractivity (Wildman–Crippen MR) is 96.0 cm³/mol. The molecule has 8 heteroatoms. The van der Waals surface area contributed by atoms with E-state index in [2.05, 4.69) is 0 Å². The van der Waals surface area contributed by atoms with Crippen LogP contribution in [0.1, 0.15) is 18.6 Å². The molecule has 1 fully saturated rings. The molecule has 0 amide bonds. The van der Waals surface area contributed by atoms with Crippen molar-refractivity contribution in [3.05, 3.63) is 53.1 Å². The summed E-state index contributed by atoms with van der Waals surface area (Å²) in [6.45, 7) is 2.44. The van der Waals surface area contributed by atoms with E-state index >= 15 is 0 Å². The van der Waals surface area contributed by atoms with Crippen molar-refractivity contribution in [1.82, 2.24) is 0 Å². The molecule has 0 spiro atoms. The number of carbonyl (C=O) groups excluding carboxylic acids is 1. The molecular formula is C19H19ClO7. The third kappa shape index (κ3) is 4.17. The van der Waals surface area contributed by atoms with Crippen molar-refractivity contribution >= 4 is 17.6 Å². The summed E-state index contributed by atoms with van der Waals surface area (Å²) >= 11 is 6.17. The summed E-state index contributed by atoms with van der Waals surface area (Å²) in [4.78, 5) is 11.6. The largest absolute Gasteiger partial charge is 0.494 e. The number of halogens is 1. The first-order valence-electron chi connectivity index (χ1n) is 8.35. The first-order chi connectivity index (χ1) is 12.9. The minimum absolute atomic E-state index is 0.280. The SMILES string of the molecule is CCOc1ccc(Oc2cc([C@@H]3OC(=O)[C@@H](O)C(O)[C@H]3O)ccc2Cl)cc1. The van der Waals surface area contributed by atoms with Gasteiger partial charge in [0.1, 0.15) is 29.5 Å². The van der Waals surface area contributed by atoms with Gasteiger partial charge >= 0.3 is 5.97 Å². The Kier molecular flexibility index (Phi) is 5.86. The third-order valence-electron chi connectivity index (χ3n) is 4.11. The smallest absolute Gasteiger partial charge is 0.338 e. The maximum absolute atomic E-state index is 11.6. The molecule has 0 saturated carbocycles. The van der Waals surface area contributed by atoms with Gasteiger partial charge in [0, 0.05) is 0 Å². The van der Waals surface area contributed by atoms with E-state index < -0.39 is 30.4 Å². The van der Waals surface area contributed by atoms with Gasteiger partial charge in [0.05, 0.1) is 11.6 Å². The van der Waals surface area contributed by atoms with Crippen LogP contribution in [-0.2, 0) is 9.53 Å². The second-order valence-electron chi connectivity index (χ2n) is 5.98. The van der Waals surface area contributed by atoms with Gasteiger partial charge in [-0.15, -0.1) is 0 Å². The highest BCUT2D eigenvalue weighted by molar-refractivity contribution is 6.32. The molecule has 27 heavy (non-hydrogen) atoms. The molecule has 0 radical (unpaired) electrons. The lowest BCUT2D eigenvalue weighted by Crippen LogP contribution is -2.51. The first kappa shape index (κ1) is 19.4. The van der Waals surface area contributed by atoms with E-state index in [9.17, 15) is 20.1 Å². The number of carbonyl (C=O) groups is 1. The number of hydrogen-bond donors (Lipinski definition) is 3. The molecule has 3 N–H and O–H groups in total. The van der Waals surface area contributed by atoms with Gasteiger partial charge in [-0.05, 0) is 48.9 Å². The predicted octanol–water partition coefficient (Wildman–Crippen LogP) is 2.21. The minimum Gasteiger partial charge on any atom is -0.494 e. The molecule has 3 rings (SSSR count). The van der Waals surface area contributed by atoms with E-state index in [4.69, 9.17) is 25.8 Å². The zero-order valence-corrected chi connectivity index (χ0v) is 15.2. The molecule has 2 aromatic rings. The van der Waals surface area contributed by atoms with E-state index in [1.807, 2.05) is 6.92 Å². The molecule has 0 aliphatic carbocycles. The van der Waals surface area contributed by atoms with Crippen molar-refractivity contribution in [3.8, 4) is 17.2 Å². The van der Waals surface area contributed by atoms with Crippen LogP contribution in [0.5, 0.6) is 17.2 Å². The number of aliphatic hydroxyl groups excluding tert-OH is 3. The second-order valence-corrected chi connectivity index (χ2v) is 6.39. The summed E-state index contributed by atoms with van der Waals surface area (Å²) in [6.07, 6.45) is -6.08. The molecule has 1 unspecified atom stereocenters. The number of cyclic esters (lactones) is 1. The molecule has 1 saturated heterocycles. The second kappa shape index (κ2) is 8.14. The van der Waals surface area contributed by atoms with Crippen molar-refractivity contribution in [2.45, 2.75) is 31.3 Å². The van der Waals surface area contributed by atoms with Crippen LogP contribution in [0, 0.1) is 0 Å². The van der Waals surface area contributed by atoms with Crippen LogP contribution in [-0.4, -0.2) is 46.2 Å². The Labute approximate surface area is 160 Å². The lowest BCUT2D eigenvalue weighted by atomic mass is 9.94. The van der Waals surface area contributed by atoms with E-state index in [0.717, 1.165) is 0 Å². The summed E-state index contributed by atoms with van der Waals surface area (Å²) in [5.74, 6) is 0.479. The summed E-state index contributed by atoms with van der Waals surface area (Å²) < 4.78 is 16.2. The Morgan fingerprint density at radius 2 is 1.70 bits per heavy atom. The number of hydrogen-bond acceptors (Lipinski definition) is 7. The molecule has 1 heterocycles. The average molecular weight is 395 g/mol. The highest BCUT2D eigenvalue weighted by Crippen LogP contribution is 2.36. The van der Waals surface area contributed by atoms with Crippen molar-refractivity contribution in [2.75, 3.05) is 6.61 Å². The van der Waals surface area contributed by atoms with Crippen molar-refractivity contribution in [2.24, 2.45) is 0 Å². The molecule has 7 nitrogen and oxygen atoms in total. The summed E-state index contributed by atoms with van der Waals surface area (Å²) in [5, 5.41) is 29.7. The molecule has 144 valence electrons. The lowest BCUT2D eigenvalue weighted by Gasteiger charge is -2.34. The van der Waals surface area contributed by atoms with Gasteiger partial charge in [0.25, 0.3) is 0 Å². The monoisotopic (exact) mass is 394 g/mol. The number of benzene rings is 2. The normalized spacial score (nSPS) is 25.0. The quantitative estimate of drug-likeness (QED) is 0.667. The third-order valence-corrected chi connectivity index (χ3v) is 4.43. The number of aliphatic hydroxyl groups is 3. The van der Waals surface area contributed by atoms with E-state index in [1.165, 1.54) is 12.1 Å². The van der Waals surface area contributed by atoms with Crippen molar-refractivity contribution < 1.29 is 34.3 Å². The molecule has 0 bridgehead atoms. The van der Waals surface area contributed by atoms with Crippen LogP contribution in [0.4, 0.5) is 0 Å². The van der Waals surface area contributed by atoms with Crippen molar-refractivity contribution in [3.63, 3.8) is 0 Å². The molecule has 0 aromatic heterocycles. The van der Waals surface area contributed by atoms with Gasteiger partial charge in [0.2, 0.25) is 0 Å². The van der Waals surface area contributed by atoms with E-state index in [-0.39, 0.29) is 5.75 Å². The number of rotatable bonds is 5. The van der Waals surface area contributed by atoms with Crippen LogP contribution in [0.2, 0.25) is 5.02 Å². The molecular weight excluding hydrogens is 376 g/mol. The van der Waals surface area contributed by atoms with Crippen LogP contribution in [0.3, 0.4) is 0 Å². The molecule has 4 atom stereocenters. The lowest BCUT2D eigenvalue weighted by molar-refractivity contribution is -0.203. The van der Waals surface area contributed by atoms with Crippen LogP contribution in [0.15, 0.2) is 42.5 Å². The first-order valence-corrected chi connectivity index (χ1v) is 8.73. The maximum Gasteiger partial charge on any atom is 0.338 e. The van der Waals surface area contributed by atoms with Gasteiger partial charge in [-0.2, -0.15) is 0 Å². The minimum atomic E-state index is -1.79. The van der Waals surface area contributed by atoms with E-state index in [0.29, 0.717) is 28.7 Å². The highest BCUT2D eigenvalue weighted by atomic mass is 35.5. The van der Waals surface area contributed by atoms with Crippen LogP contribution in [0.25, 0.3) is 0 Å². The summed E-state index contributed by atoms with van der Waals surface area (Å²) in [7, 11) is 0. The van der Waals surface area contributed by atoms with Gasteiger partial charge in [-0.1, -0.05) is 17.7 Å². The fourth-order valence-electron chi connectivity index (χ4n) is 2.71. The molecule has 1 aliphatic heterocycles. The average Bonchev–Trinajstić information content (AvgIpc) is 2.66. The maximum atomic E-state index is 11.6. The Morgan fingerprint density at radius 1 is 1.04 bits per heavy atom. The summed E-state index contributed by atoms with van der Waals surface area (Å²) in [6, 6.07) is 11.5. The fourth-order valence-corrected chi connectivity index (χ4v) is 2.86. The van der Waals surface area contributed by atoms with Gasteiger partial charge in [0.15, 0.2) is 12.2 Å². The fraction of sp³-hybridized carbons (Fsp3) is 0.316. The highest BCUT2D eigenvalue weighted by Gasteiger charge is 2.44. The Balaban J connectivity index is 1.83. The zero-order chi connectivity index (χ0) is 19.6. The number of ether oxygens (including phenoxy) is 3. The van der Waals surface area contributed by atoms with Crippen LogP contribution < -0.4 is 9.47 Å². The Hall–Kier alpha value is -2.32. The Bertz CT molecular complexity index is 808. The topological polar surface area (TPSA) is 105 Å². The summed E-state index contributed by atoms with van der Waals surface area (Å²) in [5.41, 5.74) is 0.368. The number of esters is 1. The van der Waals surface area contributed by atoms with Crippen LogP contribution >= 0.6 is 11.6 Å². The van der Waals surface area contributed by atoms with Gasteiger partial charge < -0.3 is 29.5 Å². The van der Waals surface area contributed by atoms with Gasteiger partial charge in [-0.3, -0.25) is 0 Å². The molecule has 2 aromatic carbocycles.